The summed E-state index contributed by atoms with van der Waals surface area (Å²) in [6, 6.07) is 10.5. The molecule has 0 amide bonds. The first kappa shape index (κ1) is 15.1. The lowest BCUT2D eigenvalue weighted by Gasteiger charge is -2.33. The molecule has 0 N–H and O–H groups in total. The third kappa shape index (κ3) is 3.68. The Balaban J connectivity index is 1.74. The summed E-state index contributed by atoms with van der Waals surface area (Å²) in [7, 11) is 0. The van der Waals surface area contributed by atoms with Crippen LogP contribution in [0.3, 0.4) is 0 Å². The Kier molecular flexibility index (Phi) is 5.11. The van der Waals surface area contributed by atoms with E-state index in [1.165, 1.54) is 5.56 Å². The second kappa shape index (κ2) is 7.45. The number of rotatable bonds is 5. The number of allylic oxidation sites excluding steroid dienone is 2. The first-order valence-corrected chi connectivity index (χ1v) is 8.17. The molecule has 22 heavy (non-hydrogen) atoms. The molecule has 2 heteroatoms. The molecule has 1 aromatic carbocycles. The van der Waals surface area contributed by atoms with Crippen LogP contribution in [-0.2, 0) is 4.74 Å². The van der Waals surface area contributed by atoms with Crippen LogP contribution in [0.2, 0.25) is 0 Å². The maximum atomic E-state index is 6.50. The lowest BCUT2D eigenvalue weighted by atomic mass is 9.98. The second-order valence-corrected chi connectivity index (χ2v) is 5.83. The van der Waals surface area contributed by atoms with Crippen molar-refractivity contribution < 1.29 is 4.74 Å². The predicted octanol–water partition coefficient (Wildman–Crippen LogP) is 4.04. The topological polar surface area (TPSA) is 12.5 Å². The molecule has 3 rings (SSSR count). The highest BCUT2D eigenvalue weighted by Crippen LogP contribution is 2.31. The van der Waals surface area contributed by atoms with Gasteiger partial charge < -0.3 is 9.64 Å². The fourth-order valence-electron chi connectivity index (χ4n) is 3.05. The maximum Gasteiger partial charge on any atom is 0.109 e. The summed E-state index contributed by atoms with van der Waals surface area (Å²) < 4.78 is 6.50. The summed E-state index contributed by atoms with van der Waals surface area (Å²) >= 11 is 0. The minimum absolute atomic E-state index is 0.00905. The molecule has 1 aliphatic heterocycles. The molecule has 1 fully saturated rings. The fraction of sp³-hybridized carbons (Fsp3) is 0.400. The first-order chi connectivity index (χ1) is 10.9. The van der Waals surface area contributed by atoms with Crippen LogP contribution >= 0.6 is 0 Å². The van der Waals surface area contributed by atoms with Gasteiger partial charge in [0.2, 0.25) is 0 Å². The molecule has 0 saturated carbocycles. The highest BCUT2D eigenvalue weighted by atomic mass is 16.5. The monoisotopic (exact) mass is 293 g/mol. The van der Waals surface area contributed by atoms with Gasteiger partial charge in [0.05, 0.1) is 6.10 Å². The largest absolute Gasteiger partial charge is 0.365 e. The van der Waals surface area contributed by atoms with E-state index in [0.29, 0.717) is 6.10 Å². The fourth-order valence-corrected chi connectivity index (χ4v) is 3.05. The molecule has 114 valence electrons. The zero-order valence-electron chi connectivity index (χ0n) is 13.2. The summed E-state index contributed by atoms with van der Waals surface area (Å²) in [5, 5.41) is 0. The Bertz CT molecular complexity index is 610. The van der Waals surface area contributed by atoms with Crippen LogP contribution in [0.25, 0.3) is 0 Å². The van der Waals surface area contributed by atoms with Crippen molar-refractivity contribution in [2.24, 2.45) is 0 Å². The Morgan fingerprint density at radius 3 is 2.59 bits per heavy atom. The van der Waals surface area contributed by atoms with E-state index in [-0.39, 0.29) is 6.10 Å². The van der Waals surface area contributed by atoms with Gasteiger partial charge in [-0.25, -0.2) is 0 Å². The Morgan fingerprint density at radius 2 is 1.95 bits per heavy atom. The normalized spacial score (nSPS) is 20.1. The van der Waals surface area contributed by atoms with Gasteiger partial charge in [-0.3, -0.25) is 0 Å². The van der Waals surface area contributed by atoms with Crippen molar-refractivity contribution in [3.8, 4) is 0 Å². The van der Waals surface area contributed by atoms with Gasteiger partial charge >= 0.3 is 0 Å². The third-order valence-electron chi connectivity index (χ3n) is 4.40. The summed E-state index contributed by atoms with van der Waals surface area (Å²) in [5.41, 5.74) is 8.38. The number of hydrogen-bond acceptors (Lipinski definition) is 2. The van der Waals surface area contributed by atoms with Gasteiger partial charge in [0.15, 0.2) is 0 Å². The zero-order valence-corrected chi connectivity index (χ0v) is 13.2. The van der Waals surface area contributed by atoms with Gasteiger partial charge in [0, 0.05) is 13.1 Å². The van der Waals surface area contributed by atoms with Crippen molar-refractivity contribution >= 4 is 0 Å². The summed E-state index contributed by atoms with van der Waals surface area (Å²) in [6.45, 7) is 5.64. The highest BCUT2D eigenvalue weighted by molar-refractivity contribution is 5.36. The molecule has 1 saturated heterocycles. The standard InChI is InChI=1S/C20H23NO/c1-2-21-15-13-19(14-16-21)22-20(17-9-5-3-6-10-17)18-11-7-4-8-12-18/h3,5-7,9-12,19-20H,2,13-16H2,1H3. The van der Waals surface area contributed by atoms with Gasteiger partial charge in [-0.1, -0.05) is 48.7 Å². The average molecular weight is 293 g/mol. The van der Waals surface area contributed by atoms with Crippen LogP contribution < -0.4 is 0 Å². The predicted molar refractivity (Wildman–Crippen MR) is 89.7 cm³/mol. The molecule has 1 aliphatic carbocycles. The van der Waals surface area contributed by atoms with Gasteiger partial charge in [0.1, 0.15) is 6.10 Å². The van der Waals surface area contributed by atoms with Crippen LogP contribution in [0.5, 0.6) is 0 Å². The average Bonchev–Trinajstić information content (AvgIpc) is 2.62. The number of piperidine rings is 1. The molecule has 1 unspecified atom stereocenters. The van der Waals surface area contributed by atoms with Crippen molar-refractivity contribution in [2.75, 3.05) is 19.6 Å². The van der Waals surface area contributed by atoms with Crippen molar-refractivity contribution in [2.45, 2.75) is 32.0 Å². The van der Waals surface area contributed by atoms with E-state index in [4.69, 9.17) is 4.74 Å². The van der Waals surface area contributed by atoms with E-state index in [1.807, 2.05) is 18.2 Å². The molecule has 1 atom stereocenters. The molecule has 0 spiro atoms. The van der Waals surface area contributed by atoms with E-state index >= 15 is 0 Å². The van der Waals surface area contributed by atoms with E-state index in [0.717, 1.165) is 38.0 Å². The lowest BCUT2D eigenvalue weighted by Crippen LogP contribution is -2.37. The molecular formula is C20H23NO. The first-order valence-electron chi connectivity index (χ1n) is 8.17. The molecule has 1 heterocycles. The third-order valence-corrected chi connectivity index (χ3v) is 4.40. The number of benzene rings is 1. The SMILES string of the molecule is CCN1CCC(OC(C2=CC=C=C=C2)c2ccccc2)CC1. The Hall–Kier alpha value is -1.82. The van der Waals surface area contributed by atoms with E-state index < -0.39 is 0 Å². The number of nitrogens with zero attached hydrogens (tertiary/aromatic N) is 1. The van der Waals surface area contributed by atoms with Gasteiger partial charge in [-0.15, -0.1) is 0 Å². The Labute approximate surface area is 133 Å². The van der Waals surface area contributed by atoms with Crippen molar-refractivity contribution in [3.63, 3.8) is 0 Å². The summed E-state index contributed by atoms with van der Waals surface area (Å²) in [5.74, 6) is 0. The number of ether oxygens (including phenoxy) is 1. The molecule has 0 bridgehead atoms. The second-order valence-electron chi connectivity index (χ2n) is 5.83. The van der Waals surface area contributed by atoms with Gasteiger partial charge in [0.25, 0.3) is 0 Å². The zero-order chi connectivity index (χ0) is 15.2. The molecule has 0 radical (unpaired) electrons. The van der Waals surface area contributed by atoms with Crippen LogP contribution in [0.15, 0.2) is 65.6 Å². The Morgan fingerprint density at radius 1 is 1.18 bits per heavy atom. The molecule has 2 nitrogen and oxygen atoms in total. The van der Waals surface area contributed by atoms with E-state index in [9.17, 15) is 0 Å². The molecule has 1 aromatic rings. The number of likely N-dealkylation sites (tertiary alicyclic amines) is 1. The summed E-state index contributed by atoms with van der Waals surface area (Å²) in [4.78, 5) is 2.49. The van der Waals surface area contributed by atoms with Crippen LogP contribution in [-0.4, -0.2) is 30.6 Å². The van der Waals surface area contributed by atoms with Crippen molar-refractivity contribution in [1.29, 1.82) is 0 Å². The maximum absolute atomic E-state index is 6.50. The van der Waals surface area contributed by atoms with Gasteiger partial charge in [-0.2, -0.15) is 0 Å². The smallest absolute Gasteiger partial charge is 0.109 e. The van der Waals surface area contributed by atoms with E-state index in [2.05, 4.69) is 53.6 Å². The minimum atomic E-state index is -0.00905. The van der Waals surface area contributed by atoms with Gasteiger partial charge in [-0.05, 0) is 48.8 Å². The van der Waals surface area contributed by atoms with Crippen molar-refractivity contribution in [3.05, 3.63) is 71.2 Å². The molecule has 0 aromatic heterocycles. The quantitative estimate of drug-likeness (QED) is 0.760. The molecular weight excluding hydrogens is 270 g/mol. The number of hydrogen-bond donors (Lipinski definition) is 0. The molecule has 2 aliphatic rings. The summed E-state index contributed by atoms with van der Waals surface area (Å²) in [6.07, 6.45) is 8.52. The highest BCUT2D eigenvalue weighted by Gasteiger charge is 2.24. The lowest BCUT2D eigenvalue weighted by molar-refractivity contribution is -0.0264. The van der Waals surface area contributed by atoms with Crippen LogP contribution in [0.1, 0.15) is 31.4 Å². The van der Waals surface area contributed by atoms with Crippen molar-refractivity contribution in [1.82, 2.24) is 4.90 Å². The van der Waals surface area contributed by atoms with E-state index in [1.54, 1.807) is 0 Å². The van der Waals surface area contributed by atoms with Crippen LogP contribution in [0.4, 0.5) is 0 Å². The minimum Gasteiger partial charge on any atom is -0.365 e. The van der Waals surface area contributed by atoms with Crippen LogP contribution in [0, 0.1) is 0 Å².